The summed E-state index contributed by atoms with van der Waals surface area (Å²) in [6.07, 6.45) is 0.388. The number of hydrogen-bond acceptors (Lipinski definition) is 3. The summed E-state index contributed by atoms with van der Waals surface area (Å²) in [6.45, 7) is 6.89. The highest BCUT2D eigenvalue weighted by Crippen LogP contribution is 2.33. The molecule has 124 valence electrons. The van der Waals surface area contributed by atoms with Gasteiger partial charge < -0.3 is 5.32 Å². The van der Waals surface area contributed by atoms with Crippen LogP contribution in [-0.2, 0) is 15.1 Å². The van der Waals surface area contributed by atoms with E-state index in [9.17, 15) is 14.4 Å². The van der Waals surface area contributed by atoms with Crippen molar-refractivity contribution in [3.05, 3.63) is 34.9 Å². The van der Waals surface area contributed by atoms with Crippen LogP contribution in [0.3, 0.4) is 0 Å². The first-order valence-electron chi connectivity index (χ1n) is 7.55. The molecule has 1 N–H and O–H groups in total. The molecular formula is C17H21ClN2O3. The lowest BCUT2D eigenvalue weighted by atomic mass is 9.86. The molecule has 1 aliphatic rings. The Morgan fingerprint density at radius 2 is 1.78 bits per heavy atom. The number of carbonyl (C=O) groups is 3. The summed E-state index contributed by atoms with van der Waals surface area (Å²) in [7, 11) is 0. The highest BCUT2D eigenvalue weighted by Gasteiger charge is 2.51. The fourth-order valence-corrected chi connectivity index (χ4v) is 2.65. The summed E-state index contributed by atoms with van der Waals surface area (Å²) in [4.78, 5) is 38.4. The van der Waals surface area contributed by atoms with Crippen LogP contribution in [0.15, 0.2) is 24.3 Å². The molecule has 1 fully saturated rings. The lowest BCUT2D eigenvalue weighted by Crippen LogP contribution is -2.44. The van der Waals surface area contributed by atoms with Crippen molar-refractivity contribution in [2.45, 2.75) is 39.7 Å². The summed E-state index contributed by atoms with van der Waals surface area (Å²) in [5, 5.41) is 3.30. The molecule has 23 heavy (non-hydrogen) atoms. The van der Waals surface area contributed by atoms with Crippen LogP contribution < -0.4 is 5.32 Å². The molecule has 0 aromatic heterocycles. The third-order valence-electron chi connectivity index (χ3n) is 4.18. The van der Waals surface area contributed by atoms with E-state index in [0.29, 0.717) is 17.0 Å². The van der Waals surface area contributed by atoms with Gasteiger partial charge in [-0.1, -0.05) is 51.4 Å². The van der Waals surface area contributed by atoms with Gasteiger partial charge in [-0.15, -0.1) is 0 Å². The number of hydrogen-bond donors (Lipinski definition) is 1. The van der Waals surface area contributed by atoms with Gasteiger partial charge in [0.2, 0.25) is 0 Å². The van der Waals surface area contributed by atoms with Crippen molar-refractivity contribution in [1.29, 1.82) is 0 Å². The molecule has 1 saturated heterocycles. The molecule has 1 aliphatic heterocycles. The number of urea groups is 1. The lowest BCUT2D eigenvalue weighted by molar-refractivity contribution is -0.137. The third kappa shape index (κ3) is 3.11. The Kier molecular flexibility index (Phi) is 4.53. The standard InChI is InChI=1S/C17H21ClN2O3/c1-5-17(11-6-8-12(18)9-7-11)14(22)20(15(23)19-17)10-13(21)16(2,3)4/h6-9H,5,10H2,1-4H3,(H,19,23)/t17-/m0/s1. The molecule has 1 aromatic rings. The molecule has 1 heterocycles. The first kappa shape index (κ1) is 17.5. The van der Waals surface area contributed by atoms with Crippen LogP contribution in [-0.4, -0.2) is 29.2 Å². The van der Waals surface area contributed by atoms with Gasteiger partial charge in [-0.05, 0) is 24.1 Å². The molecular weight excluding hydrogens is 316 g/mol. The SMILES string of the molecule is CC[C@@]1(c2ccc(Cl)cc2)NC(=O)N(CC(=O)C(C)(C)C)C1=O. The average molecular weight is 337 g/mol. The maximum atomic E-state index is 12.9. The Morgan fingerprint density at radius 3 is 2.26 bits per heavy atom. The van der Waals surface area contributed by atoms with E-state index >= 15 is 0 Å². The number of rotatable bonds is 4. The van der Waals surface area contributed by atoms with E-state index in [1.807, 2.05) is 6.92 Å². The number of benzene rings is 1. The summed E-state index contributed by atoms with van der Waals surface area (Å²) in [6, 6.07) is 6.26. The Balaban J connectivity index is 2.35. The zero-order chi connectivity index (χ0) is 17.4. The molecule has 0 unspecified atom stereocenters. The number of nitrogens with one attached hydrogen (secondary N) is 1. The maximum Gasteiger partial charge on any atom is 0.325 e. The highest BCUT2D eigenvalue weighted by molar-refractivity contribution is 6.30. The molecule has 0 radical (unpaired) electrons. The molecule has 0 spiro atoms. The van der Waals surface area contributed by atoms with Crippen LogP contribution in [0.2, 0.25) is 5.02 Å². The summed E-state index contributed by atoms with van der Waals surface area (Å²) >= 11 is 5.89. The Hall–Kier alpha value is -1.88. The van der Waals surface area contributed by atoms with Gasteiger partial charge in [0, 0.05) is 10.4 Å². The van der Waals surface area contributed by atoms with E-state index in [0.717, 1.165) is 4.90 Å². The van der Waals surface area contributed by atoms with E-state index in [-0.39, 0.29) is 12.3 Å². The van der Waals surface area contributed by atoms with Crippen LogP contribution in [0.4, 0.5) is 4.79 Å². The Bertz CT molecular complexity index is 649. The summed E-state index contributed by atoms with van der Waals surface area (Å²) in [5.74, 6) is -0.561. The molecule has 0 bridgehead atoms. The Labute approximate surface area is 141 Å². The van der Waals surface area contributed by atoms with Crippen molar-refractivity contribution >= 4 is 29.3 Å². The number of ketones is 1. The average Bonchev–Trinajstić information content (AvgIpc) is 2.72. The number of halogens is 1. The van der Waals surface area contributed by atoms with Crippen LogP contribution in [0, 0.1) is 5.41 Å². The minimum atomic E-state index is -1.14. The summed E-state index contributed by atoms with van der Waals surface area (Å²) in [5.41, 5.74) is -1.09. The lowest BCUT2D eigenvalue weighted by Gasteiger charge is -2.26. The van der Waals surface area contributed by atoms with Crippen LogP contribution in [0.5, 0.6) is 0 Å². The smallest absolute Gasteiger partial charge is 0.319 e. The maximum absolute atomic E-state index is 12.9. The molecule has 1 atom stereocenters. The zero-order valence-corrected chi connectivity index (χ0v) is 14.5. The Morgan fingerprint density at radius 1 is 1.22 bits per heavy atom. The molecule has 0 saturated carbocycles. The predicted molar refractivity (Wildman–Crippen MR) is 88.1 cm³/mol. The second kappa shape index (κ2) is 5.96. The molecule has 2 rings (SSSR count). The molecule has 6 heteroatoms. The molecule has 5 nitrogen and oxygen atoms in total. The van der Waals surface area contributed by atoms with Gasteiger partial charge >= 0.3 is 6.03 Å². The normalized spacial score (nSPS) is 21.5. The van der Waals surface area contributed by atoms with Crippen molar-refractivity contribution in [3.8, 4) is 0 Å². The highest BCUT2D eigenvalue weighted by atomic mass is 35.5. The van der Waals surface area contributed by atoms with Crippen LogP contribution in [0.1, 0.15) is 39.7 Å². The minimum absolute atomic E-state index is 0.163. The monoisotopic (exact) mass is 336 g/mol. The molecule has 0 aliphatic carbocycles. The fourth-order valence-electron chi connectivity index (χ4n) is 2.52. The second-order valence-corrected chi connectivity index (χ2v) is 7.20. The van der Waals surface area contributed by atoms with Gasteiger partial charge in [-0.25, -0.2) is 4.79 Å². The second-order valence-electron chi connectivity index (χ2n) is 6.76. The van der Waals surface area contributed by atoms with Gasteiger partial charge in [0.05, 0.1) is 6.54 Å². The fraction of sp³-hybridized carbons (Fsp3) is 0.471. The number of nitrogens with zero attached hydrogens (tertiary/aromatic N) is 1. The zero-order valence-electron chi connectivity index (χ0n) is 13.8. The predicted octanol–water partition coefficient (Wildman–Crippen LogP) is 3.11. The van der Waals surface area contributed by atoms with Gasteiger partial charge in [-0.2, -0.15) is 0 Å². The van der Waals surface area contributed by atoms with E-state index in [2.05, 4.69) is 5.32 Å². The van der Waals surface area contributed by atoms with Crippen molar-refractivity contribution in [1.82, 2.24) is 10.2 Å². The quantitative estimate of drug-likeness (QED) is 0.859. The van der Waals surface area contributed by atoms with Gasteiger partial charge in [0.25, 0.3) is 5.91 Å². The number of imide groups is 1. The van der Waals surface area contributed by atoms with Gasteiger partial charge in [-0.3, -0.25) is 14.5 Å². The largest absolute Gasteiger partial charge is 0.325 e. The van der Waals surface area contributed by atoms with Gasteiger partial charge in [0.1, 0.15) is 5.54 Å². The topological polar surface area (TPSA) is 66.5 Å². The van der Waals surface area contributed by atoms with Gasteiger partial charge in [0.15, 0.2) is 5.78 Å². The first-order valence-corrected chi connectivity index (χ1v) is 7.93. The number of amides is 3. The van der Waals surface area contributed by atoms with Crippen LogP contribution >= 0.6 is 11.6 Å². The number of Topliss-reactive ketones (excluding diaryl/α,β-unsaturated/α-hetero) is 1. The van der Waals surface area contributed by atoms with E-state index in [1.54, 1.807) is 45.0 Å². The van der Waals surface area contributed by atoms with Crippen LogP contribution in [0.25, 0.3) is 0 Å². The van der Waals surface area contributed by atoms with Crippen molar-refractivity contribution in [3.63, 3.8) is 0 Å². The molecule has 1 aromatic carbocycles. The van der Waals surface area contributed by atoms with Crippen molar-refractivity contribution < 1.29 is 14.4 Å². The molecule has 3 amide bonds. The minimum Gasteiger partial charge on any atom is -0.319 e. The van der Waals surface area contributed by atoms with E-state index in [4.69, 9.17) is 11.6 Å². The first-order chi connectivity index (χ1) is 10.6. The summed E-state index contributed by atoms with van der Waals surface area (Å²) < 4.78 is 0. The number of carbonyl (C=O) groups excluding carboxylic acids is 3. The third-order valence-corrected chi connectivity index (χ3v) is 4.43. The van der Waals surface area contributed by atoms with Crippen molar-refractivity contribution in [2.24, 2.45) is 5.41 Å². The van der Waals surface area contributed by atoms with E-state index in [1.165, 1.54) is 0 Å². The van der Waals surface area contributed by atoms with E-state index < -0.39 is 22.9 Å². The van der Waals surface area contributed by atoms with Crippen molar-refractivity contribution in [2.75, 3.05) is 6.54 Å².